The zero-order chi connectivity index (χ0) is 14.6. The number of aromatic nitrogens is 4. The summed E-state index contributed by atoms with van der Waals surface area (Å²) in [6, 6.07) is 1.48. The number of hydrogen-bond acceptors (Lipinski definition) is 7. The Morgan fingerprint density at radius 1 is 1.35 bits per heavy atom. The molecule has 2 aromatic rings. The average molecular weight is 289 g/mol. The van der Waals surface area contributed by atoms with E-state index in [1.165, 1.54) is 19.5 Å². The number of halogens is 3. The third-order valence-corrected chi connectivity index (χ3v) is 2.15. The Hall–Kier alpha value is -2.23. The number of nitrogens with zero attached hydrogens (tertiary/aromatic N) is 4. The van der Waals surface area contributed by atoms with Crippen LogP contribution in [-0.2, 0) is 6.54 Å². The molecule has 0 saturated heterocycles. The van der Waals surface area contributed by atoms with Crippen molar-refractivity contribution < 1.29 is 22.4 Å². The summed E-state index contributed by atoms with van der Waals surface area (Å²) >= 11 is 0. The molecule has 108 valence electrons. The van der Waals surface area contributed by atoms with Gasteiger partial charge in [-0.05, 0) is 0 Å². The molecule has 0 aliphatic rings. The second kappa shape index (κ2) is 5.82. The molecule has 0 radical (unpaired) electrons. The Labute approximate surface area is 111 Å². The highest BCUT2D eigenvalue weighted by molar-refractivity contribution is 5.48. The first-order valence-electron chi connectivity index (χ1n) is 5.44. The molecule has 20 heavy (non-hydrogen) atoms. The van der Waals surface area contributed by atoms with E-state index >= 15 is 0 Å². The topological polar surface area (TPSA) is 86.0 Å². The minimum absolute atomic E-state index is 0.0295. The second-order valence-corrected chi connectivity index (χ2v) is 3.68. The summed E-state index contributed by atoms with van der Waals surface area (Å²) in [5, 5.41) is 5.77. The summed E-state index contributed by atoms with van der Waals surface area (Å²) in [5.41, 5.74) is 0.350. The summed E-state index contributed by atoms with van der Waals surface area (Å²) in [6.07, 6.45) is -3.03. The summed E-state index contributed by atoms with van der Waals surface area (Å²) in [7, 11) is 1.44. The van der Waals surface area contributed by atoms with Crippen molar-refractivity contribution in [2.75, 3.05) is 13.7 Å². The fraction of sp³-hybridized carbons (Fsp3) is 0.400. The Bertz CT molecular complexity index is 572. The van der Waals surface area contributed by atoms with Crippen molar-refractivity contribution in [3.63, 3.8) is 0 Å². The van der Waals surface area contributed by atoms with Crippen LogP contribution in [0.5, 0.6) is 5.88 Å². The average Bonchev–Trinajstić information content (AvgIpc) is 2.86. The van der Waals surface area contributed by atoms with Crippen LogP contribution in [0.4, 0.5) is 13.2 Å². The molecule has 0 unspecified atom stereocenters. The molecule has 2 aromatic heterocycles. The number of ether oxygens (including phenoxy) is 1. The third-order valence-electron chi connectivity index (χ3n) is 2.15. The van der Waals surface area contributed by atoms with Crippen molar-refractivity contribution in [1.29, 1.82) is 0 Å². The Balaban J connectivity index is 2.01. The maximum absolute atomic E-state index is 12.0. The van der Waals surface area contributed by atoms with Crippen LogP contribution < -0.4 is 10.1 Å². The molecule has 0 aliphatic heterocycles. The SMILES string of the molecule is COc1cc(-c2noc(CNCC(F)(F)F)n2)ncn1. The summed E-state index contributed by atoms with van der Waals surface area (Å²) in [5.74, 6) is 0.493. The van der Waals surface area contributed by atoms with Gasteiger partial charge in [0.2, 0.25) is 17.6 Å². The first-order chi connectivity index (χ1) is 9.48. The minimum Gasteiger partial charge on any atom is -0.481 e. The molecule has 2 rings (SSSR count). The van der Waals surface area contributed by atoms with Crippen LogP contribution in [0.25, 0.3) is 11.5 Å². The van der Waals surface area contributed by atoms with E-state index in [1.807, 2.05) is 0 Å². The number of rotatable bonds is 5. The van der Waals surface area contributed by atoms with Crippen LogP contribution >= 0.6 is 0 Å². The van der Waals surface area contributed by atoms with Crippen molar-refractivity contribution in [3.05, 3.63) is 18.3 Å². The van der Waals surface area contributed by atoms with E-state index in [9.17, 15) is 13.2 Å². The molecular formula is C10H10F3N5O2. The summed E-state index contributed by atoms with van der Waals surface area (Å²) in [4.78, 5) is 11.6. The third kappa shape index (κ3) is 3.88. The first kappa shape index (κ1) is 14.2. The van der Waals surface area contributed by atoms with Crippen LogP contribution in [0.15, 0.2) is 16.9 Å². The zero-order valence-corrected chi connectivity index (χ0v) is 10.3. The van der Waals surface area contributed by atoms with Crippen molar-refractivity contribution in [1.82, 2.24) is 25.4 Å². The number of alkyl halides is 3. The van der Waals surface area contributed by atoms with Crippen LogP contribution in [0.3, 0.4) is 0 Å². The first-order valence-corrected chi connectivity index (χ1v) is 5.44. The van der Waals surface area contributed by atoms with E-state index in [2.05, 4.69) is 25.4 Å². The van der Waals surface area contributed by atoms with Gasteiger partial charge in [0.05, 0.1) is 20.2 Å². The lowest BCUT2D eigenvalue weighted by atomic mass is 10.4. The molecule has 7 nitrogen and oxygen atoms in total. The fourth-order valence-corrected chi connectivity index (χ4v) is 1.32. The van der Waals surface area contributed by atoms with Gasteiger partial charge in [0.25, 0.3) is 0 Å². The van der Waals surface area contributed by atoms with Gasteiger partial charge >= 0.3 is 6.18 Å². The van der Waals surface area contributed by atoms with Crippen LogP contribution in [0.2, 0.25) is 0 Å². The van der Waals surface area contributed by atoms with E-state index < -0.39 is 12.7 Å². The molecule has 0 saturated carbocycles. The van der Waals surface area contributed by atoms with E-state index in [1.54, 1.807) is 0 Å². The lowest BCUT2D eigenvalue weighted by molar-refractivity contribution is -0.125. The van der Waals surface area contributed by atoms with Crippen molar-refractivity contribution in [2.45, 2.75) is 12.7 Å². The van der Waals surface area contributed by atoms with E-state index in [0.29, 0.717) is 11.6 Å². The Kier molecular flexibility index (Phi) is 4.13. The molecule has 0 bridgehead atoms. The van der Waals surface area contributed by atoms with Crippen molar-refractivity contribution in [3.8, 4) is 17.4 Å². The maximum Gasteiger partial charge on any atom is 0.401 e. The highest BCUT2D eigenvalue weighted by atomic mass is 19.4. The van der Waals surface area contributed by atoms with Gasteiger partial charge in [-0.2, -0.15) is 18.2 Å². The van der Waals surface area contributed by atoms with Crippen molar-refractivity contribution in [2.24, 2.45) is 0 Å². The quantitative estimate of drug-likeness (QED) is 0.884. The predicted octanol–water partition coefficient (Wildman–Crippen LogP) is 1.19. The monoisotopic (exact) mass is 289 g/mol. The molecule has 0 aliphatic carbocycles. The van der Waals surface area contributed by atoms with Gasteiger partial charge < -0.3 is 14.6 Å². The molecule has 1 N–H and O–H groups in total. The van der Waals surface area contributed by atoms with Gasteiger partial charge in [-0.1, -0.05) is 5.16 Å². The largest absolute Gasteiger partial charge is 0.481 e. The van der Waals surface area contributed by atoms with Crippen LogP contribution in [0.1, 0.15) is 5.89 Å². The minimum atomic E-state index is -4.29. The highest BCUT2D eigenvalue weighted by Gasteiger charge is 2.26. The molecule has 0 atom stereocenters. The lowest BCUT2D eigenvalue weighted by Crippen LogP contribution is -2.28. The van der Waals surface area contributed by atoms with Crippen LogP contribution in [-0.4, -0.2) is 39.9 Å². The van der Waals surface area contributed by atoms with Gasteiger partial charge in [0, 0.05) is 6.07 Å². The number of methoxy groups -OCH3 is 1. The molecular weight excluding hydrogens is 279 g/mol. The molecule has 10 heteroatoms. The smallest absolute Gasteiger partial charge is 0.401 e. The highest BCUT2D eigenvalue weighted by Crippen LogP contribution is 2.16. The Morgan fingerprint density at radius 3 is 2.85 bits per heavy atom. The van der Waals surface area contributed by atoms with Gasteiger partial charge in [-0.3, -0.25) is 0 Å². The van der Waals surface area contributed by atoms with E-state index in [-0.39, 0.29) is 18.3 Å². The van der Waals surface area contributed by atoms with Gasteiger partial charge in [-0.15, -0.1) is 0 Å². The van der Waals surface area contributed by atoms with Gasteiger partial charge in [0.1, 0.15) is 12.0 Å². The number of nitrogens with one attached hydrogen (secondary N) is 1. The van der Waals surface area contributed by atoms with E-state index in [4.69, 9.17) is 9.26 Å². The second-order valence-electron chi connectivity index (χ2n) is 3.68. The molecule has 0 amide bonds. The van der Waals surface area contributed by atoms with Crippen molar-refractivity contribution >= 4 is 0 Å². The number of hydrogen-bond donors (Lipinski definition) is 1. The van der Waals surface area contributed by atoms with Crippen LogP contribution in [0, 0.1) is 0 Å². The zero-order valence-electron chi connectivity index (χ0n) is 10.3. The summed E-state index contributed by atoms with van der Waals surface area (Å²) in [6.45, 7) is -1.32. The standard InChI is InChI=1S/C10H10F3N5O2/c1-19-7-2-6(15-5-16-7)9-17-8(20-18-9)3-14-4-10(11,12)13/h2,5,14H,3-4H2,1H3. The fourth-order valence-electron chi connectivity index (χ4n) is 1.32. The molecule has 0 spiro atoms. The van der Waals surface area contributed by atoms with E-state index in [0.717, 1.165) is 0 Å². The lowest BCUT2D eigenvalue weighted by Gasteiger charge is -2.05. The summed E-state index contributed by atoms with van der Waals surface area (Å²) < 4.78 is 45.6. The maximum atomic E-state index is 12.0. The van der Waals surface area contributed by atoms with Gasteiger partial charge in [-0.25, -0.2) is 9.97 Å². The molecule has 0 aromatic carbocycles. The van der Waals surface area contributed by atoms with Gasteiger partial charge in [0.15, 0.2) is 0 Å². The normalized spacial score (nSPS) is 11.6. The predicted molar refractivity (Wildman–Crippen MR) is 59.6 cm³/mol. The Morgan fingerprint density at radius 2 is 2.15 bits per heavy atom. The molecule has 2 heterocycles. The molecule has 0 fully saturated rings.